The summed E-state index contributed by atoms with van der Waals surface area (Å²) in [5, 5.41) is 2.43. The Morgan fingerprint density at radius 3 is 2.67 bits per heavy atom. The van der Waals surface area contributed by atoms with Crippen molar-refractivity contribution in [2.24, 2.45) is 0 Å². The molecule has 3 aromatic rings. The van der Waals surface area contributed by atoms with Crippen molar-refractivity contribution in [3.63, 3.8) is 0 Å². The second-order valence-corrected chi connectivity index (χ2v) is 7.52. The van der Waals surface area contributed by atoms with E-state index in [-0.39, 0.29) is 34.8 Å². The van der Waals surface area contributed by atoms with Crippen LogP contribution < -0.4 is 15.6 Å². The van der Waals surface area contributed by atoms with Crippen LogP contribution in [-0.4, -0.2) is 35.7 Å². The van der Waals surface area contributed by atoms with Crippen molar-refractivity contribution < 1.29 is 23.0 Å². The minimum atomic E-state index is -0.785. The lowest BCUT2D eigenvalue weighted by atomic mass is 10.1. The maximum atomic E-state index is 13.9. The van der Waals surface area contributed by atoms with Crippen molar-refractivity contribution in [2.45, 2.75) is 20.5 Å². The Labute approximate surface area is 193 Å². The number of rotatable bonds is 8. The summed E-state index contributed by atoms with van der Waals surface area (Å²) in [6, 6.07) is 8.03. The van der Waals surface area contributed by atoms with Crippen LogP contribution in [-0.2, 0) is 11.3 Å². The van der Waals surface area contributed by atoms with Gasteiger partial charge in [-0.3, -0.25) is 14.2 Å². The normalized spacial score (nSPS) is 10.8. The summed E-state index contributed by atoms with van der Waals surface area (Å²) in [7, 11) is 1.54. The van der Waals surface area contributed by atoms with Crippen LogP contribution in [0.25, 0.3) is 5.69 Å². The van der Waals surface area contributed by atoms with Gasteiger partial charge in [0.2, 0.25) is 5.88 Å². The molecule has 0 saturated carbocycles. The Hall–Kier alpha value is -3.30. The van der Waals surface area contributed by atoms with Gasteiger partial charge in [-0.15, -0.1) is 0 Å². The molecule has 0 aliphatic carbocycles. The Kier molecular flexibility index (Phi) is 7.78. The van der Waals surface area contributed by atoms with Gasteiger partial charge in [-0.1, -0.05) is 17.7 Å². The van der Waals surface area contributed by atoms with Gasteiger partial charge in [-0.05, 0) is 43.7 Å². The third-order valence-corrected chi connectivity index (χ3v) is 5.25. The van der Waals surface area contributed by atoms with Crippen LogP contribution in [0.5, 0.6) is 5.88 Å². The summed E-state index contributed by atoms with van der Waals surface area (Å²) >= 11 is 6.22. The number of methoxy groups -OCH3 is 1. The van der Waals surface area contributed by atoms with Gasteiger partial charge in [0.05, 0.1) is 12.3 Å². The van der Waals surface area contributed by atoms with Crippen LogP contribution in [0.2, 0.25) is 5.02 Å². The van der Waals surface area contributed by atoms with Crippen molar-refractivity contribution in [2.75, 3.05) is 20.3 Å². The van der Waals surface area contributed by atoms with E-state index in [1.54, 1.807) is 32.0 Å². The molecule has 0 bridgehead atoms. The molecule has 0 aliphatic rings. The Morgan fingerprint density at radius 2 is 1.97 bits per heavy atom. The lowest BCUT2D eigenvalue weighted by Crippen LogP contribution is -2.29. The molecule has 0 atom stereocenters. The topological polar surface area (TPSA) is 82.4 Å². The summed E-state index contributed by atoms with van der Waals surface area (Å²) in [6.45, 7) is 3.70. The second kappa shape index (κ2) is 10.5. The van der Waals surface area contributed by atoms with Crippen molar-refractivity contribution >= 4 is 17.5 Å². The highest BCUT2D eigenvalue weighted by atomic mass is 35.5. The second-order valence-electron chi connectivity index (χ2n) is 7.14. The van der Waals surface area contributed by atoms with Crippen LogP contribution in [0, 0.1) is 25.5 Å². The molecular weight excluding hydrogens is 456 g/mol. The summed E-state index contributed by atoms with van der Waals surface area (Å²) < 4.78 is 38.6. The molecule has 1 heterocycles. The molecule has 10 heteroatoms. The first-order chi connectivity index (χ1) is 15.7. The molecule has 0 radical (unpaired) electrons. The summed E-state index contributed by atoms with van der Waals surface area (Å²) in [6.07, 6.45) is 0. The summed E-state index contributed by atoms with van der Waals surface area (Å²) in [4.78, 5) is 29.8. The number of ether oxygens (including phenoxy) is 2. The highest BCUT2D eigenvalue weighted by molar-refractivity contribution is 6.31. The van der Waals surface area contributed by atoms with Crippen LogP contribution in [0.3, 0.4) is 0 Å². The van der Waals surface area contributed by atoms with Crippen molar-refractivity contribution in [1.82, 2.24) is 14.9 Å². The number of amides is 1. The van der Waals surface area contributed by atoms with Crippen molar-refractivity contribution in [3.05, 3.63) is 85.9 Å². The average molecular weight is 478 g/mol. The number of nitrogens with one attached hydrogen (secondary N) is 1. The van der Waals surface area contributed by atoms with Crippen molar-refractivity contribution in [1.29, 1.82) is 0 Å². The van der Waals surface area contributed by atoms with E-state index >= 15 is 0 Å². The number of hydrogen-bond acceptors (Lipinski definition) is 5. The van der Waals surface area contributed by atoms with E-state index < -0.39 is 17.2 Å². The molecule has 0 unspecified atom stereocenters. The number of carbonyl (C=O) groups is 1. The number of nitrogens with zero attached hydrogens (tertiary/aromatic N) is 2. The zero-order chi connectivity index (χ0) is 24.1. The van der Waals surface area contributed by atoms with E-state index in [9.17, 15) is 18.4 Å². The van der Waals surface area contributed by atoms with Gasteiger partial charge in [0.1, 0.15) is 24.1 Å². The first kappa shape index (κ1) is 24.3. The van der Waals surface area contributed by atoms with Gasteiger partial charge in [0, 0.05) is 30.8 Å². The number of carbonyl (C=O) groups excluding carboxylic acids is 1. The quantitative estimate of drug-likeness (QED) is 0.500. The highest BCUT2D eigenvalue weighted by Crippen LogP contribution is 2.24. The van der Waals surface area contributed by atoms with E-state index in [0.717, 1.165) is 12.1 Å². The number of hydrogen-bond donors (Lipinski definition) is 1. The third-order valence-electron chi connectivity index (χ3n) is 4.93. The van der Waals surface area contributed by atoms with Crippen LogP contribution in [0.4, 0.5) is 8.78 Å². The Balaban J connectivity index is 1.92. The van der Waals surface area contributed by atoms with Gasteiger partial charge in [-0.25, -0.2) is 8.78 Å². The smallest absolute Gasteiger partial charge is 0.280 e. The molecule has 1 amide bonds. The number of benzene rings is 2. The number of aryl methyl sites for hydroxylation is 1. The summed E-state index contributed by atoms with van der Waals surface area (Å²) in [5.41, 5.74) is 0.844. The van der Waals surface area contributed by atoms with Crippen molar-refractivity contribution in [3.8, 4) is 11.6 Å². The minimum absolute atomic E-state index is 0.0825. The Morgan fingerprint density at radius 1 is 1.21 bits per heavy atom. The van der Waals surface area contributed by atoms with Gasteiger partial charge in [0.15, 0.2) is 5.02 Å². The monoisotopic (exact) mass is 477 g/mol. The fraction of sp³-hybridized carbons (Fsp3) is 0.261. The summed E-state index contributed by atoms with van der Waals surface area (Å²) in [5.74, 6) is -1.73. The molecule has 33 heavy (non-hydrogen) atoms. The minimum Gasteiger partial charge on any atom is -0.471 e. The lowest BCUT2D eigenvalue weighted by molar-refractivity contribution is 0.0936. The SMILES string of the molecule is COCCNC(=O)c1cccc(-n2c(C)nc(OCc3ccc(F)cc3F)c(Cl)c2=O)c1C. The van der Waals surface area contributed by atoms with Crippen LogP contribution >= 0.6 is 11.6 Å². The van der Waals surface area contributed by atoms with Crippen LogP contribution in [0.15, 0.2) is 41.2 Å². The molecule has 1 N–H and O–H groups in total. The number of halogens is 3. The molecule has 174 valence electrons. The van der Waals surface area contributed by atoms with Crippen LogP contribution in [0.1, 0.15) is 27.3 Å². The molecule has 0 saturated heterocycles. The maximum absolute atomic E-state index is 13.9. The fourth-order valence-corrected chi connectivity index (χ4v) is 3.40. The first-order valence-corrected chi connectivity index (χ1v) is 10.4. The van der Waals surface area contributed by atoms with Gasteiger partial charge in [0.25, 0.3) is 11.5 Å². The van der Waals surface area contributed by atoms with Gasteiger partial charge in [-0.2, -0.15) is 4.98 Å². The largest absolute Gasteiger partial charge is 0.471 e. The predicted octanol–water partition coefficient (Wildman–Crippen LogP) is 3.74. The number of aromatic nitrogens is 2. The zero-order valence-electron chi connectivity index (χ0n) is 18.2. The molecule has 3 rings (SSSR count). The van der Waals surface area contributed by atoms with E-state index in [4.69, 9.17) is 21.1 Å². The average Bonchev–Trinajstić information content (AvgIpc) is 2.77. The molecule has 7 nitrogen and oxygen atoms in total. The van der Waals surface area contributed by atoms with E-state index in [1.165, 1.54) is 17.7 Å². The standard InChI is InChI=1S/C23H22ClF2N3O4/c1-13-17(21(30)27-9-10-32-3)5-4-6-19(13)29-14(2)28-22(20(24)23(29)31)33-12-15-7-8-16(25)11-18(15)26/h4-8,11H,9-10,12H2,1-3H3,(H,27,30). The molecule has 1 aromatic heterocycles. The predicted molar refractivity (Wildman–Crippen MR) is 119 cm³/mol. The van der Waals surface area contributed by atoms with E-state index in [0.29, 0.717) is 30.0 Å². The maximum Gasteiger partial charge on any atom is 0.280 e. The lowest BCUT2D eigenvalue weighted by Gasteiger charge is -2.17. The van der Waals surface area contributed by atoms with E-state index in [1.807, 2.05) is 0 Å². The molecule has 0 aliphatic heterocycles. The Bertz CT molecular complexity index is 1250. The zero-order valence-corrected chi connectivity index (χ0v) is 19.0. The highest BCUT2D eigenvalue weighted by Gasteiger charge is 2.19. The molecule has 0 fully saturated rings. The third kappa shape index (κ3) is 5.37. The van der Waals surface area contributed by atoms with Gasteiger partial charge < -0.3 is 14.8 Å². The molecular formula is C23H22ClF2N3O4. The fourth-order valence-electron chi connectivity index (χ4n) is 3.22. The molecule has 0 spiro atoms. The van der Waals surface area contributed by atoms with Gasteiger partial charge >= 0.3 is 0 Å². The molecule has 2 aromatic carbocycles. The first-order valence-electron chi connectivity index (χ1n) is 9.97. The van der Waals surface area contributed by atoms with E-state index in [2.05, 4.69) is 10.3 Å².